The van der Waals surface area contributed by atoms with Gasteiger partial charge in [-0.1, -0.05) is 18.2 Å². The van der Waals surface area contributed by atoms with Crippen molar-refractivity contribution < 1.29 is 19.1 Å². The van der Waals surface area contributed by atoms with Gasteiger partial charge < -0.3 is 10.1 Å². The molecule has 1 amide bonds. The second-order valence-electron chi connectivity index (χ2n) is 6.51. The van der Waals surface area contributed by atoms with Gasteiger partial charge in [-0.15, -0.1) is 11.8 Å². The number of Topliss-reactive ketones (excluding diaryl/α,β-unsaturated/α-hetero) is 1. The molecule has 2 N–H and O–H groups in total. The van der Waals surface area contributed by atoms with E-state index in [0.717, 1.165) is 30.8 Å². The largest absolute Gasteiger partial charge is 0.494 e. The van der Waals surface area contributed by atoms with E-state index in [2.05, 4.69) is 15.8 Å². The molecule has 0 saturated carbocycles. The summed E-state index contributed by atoms with van der Waals surface area (Å²) in [6, 6.07) is 8.91. The van der Waals surface area contributed by atoms with Crippen molar-refractivity contribution in [3.8, 4) is 5.75 Å². The van der Waals surface area contributed by atoms with Gasteiger partial charge in [-0.25, -0.2) is 0 Å². The molecule has 0 bridgehead atoms. The number of para-hydroxylation sites is 1. The lowest BCUT2D eigenvalue weighted by Gasteiger charge is -2.22. The Kier molecular flexibility index (Phi) is 6.86. The summed E-state index contributed by atoms with van der Waals surface area (Å²) in [6.45, 7) is 0.649. The van der Waals surface area contributed by atoms with Crippen LogP contribution in [0.2, 0.25) is 0 Å². The number of fused-ring (bicyclic) bond motifs is 1. The van der Waals surface area contributed by atoms with Crippen molar-refractivity contribution in [2.75, 3.05) is 19.4 Å². The fourth-order valence-corrected chi connectivity index (χ4v) is 4.13. The zero-order valence-corrected chi connectivity index (χ0v) is 16.5. The van der Waals surface area contributed by atoms with E-state index in [1.165, 1.54) is 24.9 Å². The molecule has 28 heavy (non-hydrogen) atoms. The topological polar surface area (TPSA) is 96.9 Å². The number of nitrogens with zero attached hydrogens (tertiary/aromatic N) is 1. The summed E-state index contributed by atoms with van der Waals surface area (Å²) in [6.07, 6.45) is 4.17. The van der Waals surface area contributed by atoms with Crippen LogP contribution in [0.15, 0.2) is 46.4 Å². The molecule has 1 aliphatic carbocycles. The Morgan fingerprint density at radius 3 is 2.75 bits per heavy atom. The van der Waals surface area contributed by atoms with E-state index in [9.17, 15) is 14.4 Å². The van der Waals surface area contributed by atoms with Crippen molar-refractivity contribution in [1.82, 2.24) is 10.7 Å². The summed E-state index contributed by atoms with van der Waals surface area (Å²) in [4.78, 5) is 37.3. The Balaban J connectivity index is 1.42. The molecule has 0 aromatic heterocycles. The highest BCUT2D eigenvalue weighted by molar-refractivity contribution is 8.04. The van der Waals surface area contributed by atoms with Gasteiger partial charge in [-0.2, -0.15) is 5.10 Å². The maximum Gasteiger partial charge on any atom is 0.268 e. The van der Waals surface area contributed by atoms with Crippen LogP contribution < -0.4 is 15.5 Å². The number of hydrogen-bond acceptors (Lipinski definition) is 7. The molecule has 2 unspecified atom stereocenters. The predicted octanol–water partition coefficient (Wildman–Crippen LogP) is 1.69. The Hall–Kier alpha value is -2.61. The third-order valence-electron chi connectivity index (χ3n) is 4.58. The van der Waals surface area contributed by atoms with Crippen molar-refractivity contribution in [2.45, 2.75) is 25.3 Å². The lowest BCUT2D eigenvalue weighted by atomic mass is 9.84. The van der Waals surface area contributed by atoms with Crippen LogP contribution >= 0.6 is 11.8 Å². The van der Waals surface area contributed by atoms with E-state index in [0.29, 0.717) is 11.5 Å². The second kappa shape index (κ2) is 9.54. The van der Waals surface area contributed by atoms with E-state index in [1.807, 2.05) is 30.3 Å². The van der Waals surface area contributed by atoms with Crippen LogP contribution in [0.4, 0.5) is 0 Å². The average molecular weight is 401 g/mol. The van der Waals surface area contributed by atoms with Gasteiger partial charge in [0.2, 0.25) is 0 Å². The van der Waals surface area contributed by atoms with Crippen molar-refractivity contribution in [3.05, 3.63) is 41.3 Å². The van der Waals surface area contributed by atoms with Crippen LogP contribution in [0.25, 0.3) is 0 Å². The molecule has 1 aliphatic heterocycles. The molecule has 8 heteroatoms. The number of carbonyl (C=O) groups excluding carboxylic acids is 3. The smallest absolute Gasteiger partial charge is 0.268 e. The van der Waals surface area contributed by atoms with E-state index in [1.54, 1.807) is 0 Å². The zero-order valence-electron chi connectivity index (χ0n) is 15.6. The van der Waals surface area contributed by atoms with Gasteiger partial charge in [-0.05, 0) is 37.1 Å². The van der Waals surface area contributed by atoms with E-state index >= 15 is 0 Å². The van der Waals surface area contributed by atoms with Gasteiger partial charge in [0.15, 0.2) is 11.6 Å². The van der Waals surface area contributed by atoms with Crippen LogP contribution in [-0.2, 0) is 14.4 Å². The molecule has 0 fully saturated rings. The van der Waals surface area contributed by atoms with Gasteiger partial charge in [0.05, 0.1) is 11.5 Å². The molecular weight excluding hydrogens is 378 g/mol. The Labute approximate surface area is 168 Å². The van der Waals surface area contributed by atoms with E-state index in [-0.39, 0.29) is 17.3 Å². The molecule has 1 aromatic rings. The lowest BCUT2D eigenvalue weighted by molar-refractivity contribution is -0.125. The summed E-state index contributed by atoms with van der Waals surface area (Å²) in [5.74, 6) is -0.111. The number of rotatable bonds is 9. The average Bonchev–Trinajstić information content (AvgIpc) is 3.17. The summed E-state index contributed by atoms with van der Waals surface area (Å²) in [5, 5.41) is 6.36. The summed E-state index contributed by atoms with van der Waals surface area (Å²) >= 11 is 1.37. The number of carbonyl (C=O) groups is 3. The van der Waals surface area contributed by atoms with Gasteiger partial charge in [-0.3, -0.25) is 19.8 Å². The zero-order chi connectivity index (χ0) is 19.9. The number of hydrogen-bond donors (Lipinski definition) is 2. The SMILES string of the molecule is CNC(=O)C1=NNC2C(=O)C=C(SCCCCCOc3ccccc3)C(=O)C12. The molecule has 0 saturated heterocycles. The first kappa shape index (κ1) is 20.1. The molecule has 0 spiro atoms. The molecule has 2 aliphatic rings. The molecule has 1 aromatic carbocycles. The van der Waals surface area contributed by atoms with Crippen LogP contribution in [0.1, 0.15) is 19.3 Å². The number of ketones is 2. The Morgan fingerprint density at radius 1 is 1.21 bits per heavy atom. The van der Waals surface area contributed by atoms with Crippen molar-refractivity contribution in [1.29, 1.82) is 0 Å². The molecule has 0 radical (unpaired) electrons. The molecule has 2 atom stereocenters. The first-order chi connectivity index (χ1) is 13.6. The minimum atomic E-state index is -0.834. The number of unbranched alkanes of at least 4 members (excludes halogenated alkanes) is 2. The molecule has 148 valence electrons. The standard InChI is InChI=1S/C20H23N3O4S/c1-21-20(26)18-16-17(22-23-18)14(24)12-15(19(16)25)28-11-7-3-6-10-27-13-8-4-2-5-9-13/h2,4-5,8-9,12,16-17,22H,3,6-7,10-11H2,1H3,(H,21,26). The van der Waals surface area contributed by atoms with Crippen molar-refractivity contribution >= 4 is 34.9 Å². The number of ether oxygens (including phenoxy) is 1. The summed E-state index contributed by atoms with van der Waals surface area (Å²) in [7, 11) is 1.47. The normalized spacial score (nSPS) is 20.8. The Morgan fingerprint density at radius 2 is 2.00 bits per heavy atom. The molecule has 1 heterocycles. The fraction of sp³-hybridized carbons (Fsp3) is 0.400. The second-order valence-corrected chi connectivity index (χ2v) is 7.64. The lowest BCUT2D eigenvalue weighted by Crippen LogP contribution is -2.47. The third-order valence-corrected chi connectivity index (χ3v) is 5.70. The first-order valence-corrected chi connectivity index (χ1v) is 10.3. The highest BCUT2D eigenvalue weighted by Gasteiger charge is 2.47. The molecule has 7 nitrogen and oxygen atoms in total. The number of amides is 1. The third kappa shape index (κ3) is 4.62. The summed E-state index contributed by atoms with van der Waals surface area (Å²) < 4.78 is 5.65. The number of thioether (sulfide) groups is 1. The quantitative estimate of drug-likeness (QED) is 0.612. The molecule has 3 rings (SSSR count). The highest BCUT2D eigenvalue weighted by atomic mass is 32.2. The predicted molar refractivity (Wildman–Crippen MR) is 108 cm³/mol. The minimum absolute atomic E-state index is 0.0788. The Bertz CT molecular complexity index is 807. The maximum atomic E-state index is 12.7. The van der Waals surface area contributed by atoms with Crippen molar-refractivity contribution in [2.24, 2.45) is 11.0 Å². The van der Waals surface area contributed by atoms with Crippen LogP contribution in [0, 0.1) is 5.92 Å². The van der Waals surface area contributed by atoms with E-state index < -0.39 is 17.9 Å². The monoisotopic (exact) mass is 401 g/mol. The minimum Gasteiger partial charge on any atom is -0.494 e. The van der Waals surface area contributed by atoms with Gasteiger partial charge >= 0.3 is 0 Å². The fourth-order valence-electron chi connectivity index (χ4n) is 3.09. The van der Waals surface area contributed by atoms with Gasteiger partial charge in [0.1, 0.15) is 23.4 Å². The first-order valence-electron chi connectivity index (χ1n) is 9.27. The number of benzene rings is 1. The van der Waals surface area contributed by atoms with Gasteiger partial charge in [0, 0.05) is 13.1 Å². The number of allylic oxidation sites excluding steroid dienone is 1. The van der Waals surface area contributed by atoms with Gasteiger partial charge in [0.25, 0.3) is 5.91 Å². The van der Waals surface area contributed by atoms with E-state index in [4.69, 9.17) is 4.74 Å². The number of hydrazone groups is 1. The van der Waals surface area contributed by atoms with Crippen LogP contribution in [0.3, 0.4) is 0 Å². The number of nitrogens with one attached hydrogen (secondary N) is 2. The van der Waals surface area contributed by atoms with Crippen molar-refractivity contribution in [3.63, 3.8) is 0 Å². The summed E-state index contributed by atoms with van der Waals surface area (Å²) in [5.41, 5.74) is 2.70. The molecular formula is C20H23N3O4S. The maximum absolute atomic E-state index is 12.7. The van der Waals surface area contributed by atoms with Crippen LogP contribution in [0.5, 0.6) is 5.75 Å². The highest BCUT2D eigenvalue weighted by Crippen LogP contribution is 2.31. The van der Waals surface area contributed by atoms with Crippen LogP contribution in [-0.4, -0.2) is 48.6 Å².